The van der Waals surface area contributed by atoms with Crippen LogP contribution in [0.1, 0.15) is 40.0 Å². The van der Waals surface area contributed by atoms with E-state index in [2.05, 4.69) is 0 Å². The first-order chi connectivity index (χ1) is 8.08. The molecule has 1 unspecified atom stereocenters. The van der Waals surface area contributed by atoms with Crippen molar-refractivity contribution in [1.82, 2.24) is 4.90 Å². The molecule has 0 N–H and O–H groups in total. The molecule has 1 atom stereocenters. The average molecular weight is 279 g/mol. The van der Waals surface area contributed by atoms with Crippen LogP contribution in [-0.4, -0.2) is 44.0 Å². The van der Waals surface area contributed by atoms with Crippen molar-refractivity contribution in [1.29, 1.82) is 0 Å². The molecule has 0 saturated carbocycles. The molecule has 106 valence electrons. The van der Waals surface area contributed by atoms with Crippen LogP contribution in [0.4, 0.5) is 4.79 Å². The second kappa shape index (κ2) is 5.44. The van der Waals surface area contributed by atoms with Gasteiger partial charge >= 0.3 is 6.09 Å². The number of carbonyl (C=O) groups is 1. The van der Waals surface area contributed by atoms with Gasteiger partial charge in [-0.2, -0.15) is 8.42 Å². The van der Waals surface area contributed by atoms with Crippen molar-refractivity contribution in [2.45, 2.75) is 51.9 Å². The highest BCUT2D eigenvalue weighted by Gasteiger charge is 2.33. The number of likely N-dealkylation sites (tertiary alicyclic amines) is 1. The van der Waals surface area contributed by atoms with Crippen molar-refractivity contribution >= 4 is 16.2 Å². The first-order valence-corrected chi connectivity index (χ1v) is 7.78. The summed E-state index contributed by atoms with van der Waals surface area (Å²) in [5, 5.41) is 0. The third-order valence-electron chi connectivity index (χ3n) is 2.36. The topological polar surface area (TPSA) is 72.9 Å². The third kappa shape index (κ3) is 5.22. The van der Waals surface area contributed by atoms with Crippen LogP contribution in [0.15, 0.2) is 0 Å². The fourth-order valence-corrected chi connectivity index (χ4v) is 2.34. The highest BCUT2D eigenvalue weighted by molar-refractivity contribution is 7.86. The van der Waals surface area contributed by atoms with Gasteiger partial charge in [-0.25, -0.2) is 8.98 Å². The molecule has 0 aliphatic carbocycles. The maximum Gasteiger partial charge on any atom is 0.412 e. The number of nitrogens with zero attached hydrogens (tertiary/aromatic N) is 1. The summed E-state index contributed by atoms with van der Waals surface area (Å²) in [5.41, 5.74) is -0.607. The van der Waals surface area contributed by atoms with Crippen molar-refractivity contribution in [3.63, 3.8) is 0 Å². The largest absolute Gasteiger partial charge is 0.444 e. The van der Waals surface area contributed by atoms with Crippen LogP contribution in [0.3, 0.4) is 0 Å². The standard InChI is InChI=1S/C11H21NO5S/c1-11(2,3)16-10(13)12-8-6-5-7-9(12)17-18(4,14)15/h9H,5-8H2,1-4H3. The fourth-order valence-electron chi connectivity index (χ4n) is 1.73. The first kappa shape index (κ1) is 15.2. The maximum atomic E-state index is 11.9. The van der Waals surface area contributed by atoms with Gasteiger partial charge in [0.1, 0.15) is 5.60 Å². The Hall–Kier alpha value is -0.820. The van der Waals surface area contributed by atoms with E-state index >= 15 is 0 Å². The number of ether oxygens (including phenoxy) is 1. The monoisotopic (exact) mass is 279 g/mol. The average Bonchev–Trinajstić information content (AvgIpc) is 2.12. The number of hydrogen-bond donors (Lipinski definition) is 0. The molecular formula is C11H21NO5S. The Morgan fingerprint density at radius 2 is 1.89 bits per heavy atom. The molecule has 1 aliphatic heterocycles. The van der Waals surface area contributed by atoms with Crippen LogP contribution in [0.25, 0.3) is 0 Å². The smallest absolute Gasteiger partial charge is 0.412 e. The SMILES string of the molecule is CC(C)(C)OC(=O)N1CCCCC1OS(C)(=O)=O. The Bertz CT molecular complexity index is 398. The normalized spacial score (nSPS) is 21.8. The highest BCUT2D eigenvalue weighted by Crippen LogP contribution is 2.22. The predicted octanol–water partition coefficient (Wildman–Crippen LogP) is 1.71. The summed E-state index contributed by atoms with van der Waals surface area (Å²) in [5.74, 6) is 0. The number of rotatable bonds is 2. The Labute approximate surface area is 108 Å². The van der Waals surface area contributed by atoms with E-state index in [0.29, 0.717) is 13.0 Å². The lowest BCUT2D eigenvalue weighted by molar-refractivity contribution is -0.0314. The van der Waals surface area contributed by atoms with E-state index in [0.717, 1.165) is 19.1 Å². The molecule has 18 heavy (non-hydrogen) atoms. The molecule has 0 aromatic heterocycles. The lowest BCUT2D eigenvalue weighted by atomic mass is 10.1. The van der Waals surface area contributed by atoms with Crippen LogP contribution in [-0.2, 0) is 19.0 Å². The van der Waals surface area contributed by atoms with Crippen molar-refractivity contribution in [2.24, 2.45) is 0 Å². The molecule has 1 aliphatic rings. The van der Waals surface area contributed by atoms with Gasteiger partial charge in [-0.15, -0.1) is 0 Å². The van der Waals surface area contributed by atoms with E-state index in [9.17, 15) is 13.2 Å². The van der Waals surface area contributed by atoms with Crippen LogP contribution in [0.5, 0.6) is 0 Å². The highest BCUT2D eigenvalue weighted by atomic mass is 32.2. The van der Waals surface area contributed by atoms with Crippen LogP contribution in [0.2, 0.25) is 0 Å². The predicted molar refractivity (Wildman–Crippen MR) is 66.5 cm³/mol. The number of hydrogen-bond acceptors (Lipinski definition) is 5. The Morgan fingerprint density at radius 3 is 2.39 bits per heavy atom. The van der Waals surface area contributed by atoms with E-state index in [4.69, 9.17) is 8.92 Å². The van der Waals surface area contributed by atoms with Crippen LogP contribution < -0.4 is 0 Å². The lowest BCUT2D eigenvalue weighted by Crippen LogP contribution is -2.47. The van der Waals surface area contributed by atoms with E-state index in [1.54, 1.807) is 20.8 Å². The number of amides is 1. The Balaban J connectivity index is 2.73. The molecule has 0 bridgehead atoms. The minimum atomic E-state index is -3.58. The van der Waals surface area contributed by atoms with Crippen LogP contribution >= 0.6 is 0 Å². The van der Waals surface area contributed by atoms with Gasteiger partial charge in [-0.3, -0.25) is 4.90 Å². The summed E-state index contributed by atoms with van der Waals surface area (Å²) in [7, 11) is -3.58. The summed E-state index contributed by atoms with van der Waals surface area (Å²) in [4.78, 5) is 13.3. The minimum absolute atomic E-state index is 0.453. The summed E-state index contributed by atoms with van der Waals surface area (Å²) in [6, 6.07) is 0. The zero-order valence-electron chi connectivity index (χ0n) is 11.3. The molecule has 1 fully saturated rings. The van der Waals surface area contributed by atoms with E-state index in [-0.39, 0.29) is 0 Å². The fraction of sp³-hybridized carbons (Fsp3) is 0.909. The van der Waals surface area contributed by atoms with Crippen LogP contribution in [0, 0.1) is 0 Å². The molecule has 7 heteroatoms. The lowest BCUT2D eigenvalue weighted by Gasteiger charge is -2.35. The van der Waals surface area contributed by atoms with Gasteiger partial charge in [-0.1, -0.05) is 0 Å². The minimum Gasteiger partial charge on any atom is -0.444 e. The second-order valence-electron chi connectivity index (χ2n) is 5.42. The molecule has 1 saturated heterocycles. The quantitative estimate of drug-likeness (QED) is 0.719. The zero-order chi connectivity index (χ0) is 14.0. The molecule has 6 nitrogen and oxygen atoms in total. The van der Waals surface area contributed by atoms with Gasteiger partial charge in [0.05, 0.1) is 6.26 Å². The summed E-state index contributed by atoms with van der Waals surface area (Å²) in [6.07, 6.45) is 1.86. The van der Waals surface area contributed by atoms with E-state index in [1.165, 1.54) is 4.90 Å². The van der Waals surface area contributed by atoms with E-state index < -0.39 is 28.0 Å². The first-order valence-electron chi connectivity index (χ1n) is 5.96. The molecule has 0 aromatic carbocycles. The number of carbonyl (C=O) groups excluding carboxylic acids is 1. The van der Waals surface area contributed by atoms with Crippen molar-refractivity contribution in [3.05, 3.63) is 0 Å². The van der Waals surface area contributed by atoms with Gasteiger partial charge < -0.3 is 4.74 Å². The van der Waals surface area contributed by atoms with Crippen molar-refractivity contribution < 1.29 is 22.1 Å². The Kier molecular flexibility index (Phi) is 4.61. The summed E-state index contributed by atoms with van der Waals surface area (Å²) >= 11 is 0. The summed E-state index contributed by atoms with van der Waals surface area (Å²) < 4.78 is 32.5. The maximum absolute atomic E-state index is 11.9. The molecular weight excluding hydrogens is 258 g/mol. The van der Waals surface area contributed by atoms with Gasteiger partial charge in [-0.05, 0) is 40.0 Å². The molecule has 0 spiro atoms. The molecule has 1 heterocycles. The molecule has 0 radical (unpaired) electrons. The summed E-state index contributed by atoms with van der Waals surface area (Å²) in [6.45, 7) is 5.75. The van der Waals surface area contributed by atoms with Crippen molar-refractivity contribution in [2.75, 3.05) is 12.8 Å². The van der Waals surface area contributed by atoms with Gasteiger partial charge in [0.25, 0.3) is 10.1 Å². The van der Waals surface area contributed by atoms with Crippen molar-refractivity contribution in [3.8, 4) is 0 Å². The Morgan fingerprint density at radius 1 is 1.28 bits per heavy atom. The van der Waals surface area contributed by atoms with E-state index in [1.807, 2.05) is 0 Å². The zero-order valence-corrected chi connectivity index (χ0v) is 12.1. The van der Waals surface area contributed by atoms with Gasteiger partial charge in [0, 0.05) is 6.54 Å². The van der Waals surface area contributed by atoms with Gasteiger partial charge in [0.15, 0.2) is 6.23 Å². The molecule has 1 rings (SSSR count). The second-order valence-corrected chi connectivity index (χ2v) is 7.03. The van der Waals surface area contributed by atoms with Gasteiger partial charge in [0.2, 0.25) is 0 Å². The molecule has 0 aromatic rings. The third-order valence-corrected chi connectivity index (χ3v) is 2.93. The molecule has 1 amide bonds. The number of piperidine rings is 1.